The molecule has 0 amide bonds. The maximum Gasteiger partial charge on any atom is 0.243 e. The summed E-state index contributed by atoms with van der Waals surface area (Å²) in [5.74, 6) is 0.666. The van der Waals surface area contributed by atoms with Crippen molar-refractivity contribution in [1.29, 1.82) is 0 Å². The van der Waals surface area contributed by atoms with Crippen LogP contribution in [0.15, 0.2) is 52.0 Å². The quantitative estimate of drug-likeness (QED) is 0.769. The van der Waals surface area contributed by atoms with E-state index in [0.717, 1.165) is 5.56 Å². The Balaban J connectivity index is 1.86. The molecule has 0 aliphatic rings. The standard InChI is InChI=1S/C14H13N3O4S/c1-20-11-5-2-4-10(8-11)9-15-22(18,19)13-7-3-6-12-14(13)17-21-16-12/h2-8,15H,9H2,1H3. The summed E-state index contributed by atoms with van der Waals surface area (Å²) in [6.07, 6.45) is 0. The number of fused-ring (bicyclic) bond motifs is 1. The van der Waals surface area contributed by atoms with E-state index in [4.69, 9.17) is 4.74 Å². The summed E-state index contributed by atoms with van der Waals surface area (Å²) in [6.45, 7) is 0.140. The lowest BCUT2D eigenvalue weighted by molar-refractivity contribution is 0.315. The molecule has 0 spiro atoms. The Morgan fingerprint density at radius 3 is 2.82 bits per heavy atom. The smallest absolute Gasteiger partial charge is 0.243 e. The summed E-state index contributed by atoms with van der Waals surface area (Å²) in [5, 5.41) is 7.28. The van der Waals surface area contributed by atoms with Gasteiger partial charge in [-0.3, -0.25) is 0 Å². The first-order chi connectivity index (χ1) is 10.6. The van der Waals surface area contributed by atoms with Crippen molar-refractivity contribution in [2.24, 2.45) is 0 Å². The van der Waals surface area contributed by atoms with Crippen LogP contribution < -0.4 is 9.46 Å². The number of nitrogens with zero attached hydrogens (tertiary/aromatic N) is 2. The van der Waals surface area contributed by atoms with Gasteiger partial charge in [-0.2, -0.15) is 0 Å². The minimum Gasteiger partial charge on any atom is -0.497 e. The van der Waals surface area contributed by atoms with Crippen LogP contribution in [-0.4, -0.2) is 25.8 Å². The largest absolute Gasteiger partial charge is 0.497 e. The zero-order valence-corrected chi connectivity index (χ0v) is 12.5. The van der Waals surface area contributed by atoms with Crippen LogP contribution in [0.3, 0.4) is 0 Å². The molecule has 0 atom stereocenters. The second kappa shape index (κ2) is 5.74. The Labute approximate surface area is 126 Å². The molecule has 8 heteroatoms. The second-order valence-corrected chi connectivity index (χ2v) is 6.30. The minimum absolute atomic E-state index is 0.0362. The van der Waals surface area contributed by atoms with Gasteiger partial charge in [0, 0.05) is 6.54 Å². The zero-order valence-electron chi connectivity index (χ0n) is 11.7. The molecule has 22 heavy (non-hydrogen) atoms. The van der Waals surface area contributed by atoms with E-state index in [1.165, 1.54) is 6.07 Å². The van der Waals surface area contributed by atoms with Crippen LogP contribution >= 0.6 is 0 Å². The van der Waals surface area contributed by atoms with Gasteiger partial charge >= 0.3 is 0 Å². The molecule has 3 aromatic rings. The summed E-state index contributed by atoms with van der Waals surface area (Å²) in [5.41, 5.74) is 1.39. The molecule has 2 aromatic carbocycles. The third-order valence-electron chi connectivity index (χ3n) is 3.14. The van der Waals surface area contributed by atoms with Crippen LogP contribution in [0, 0.1) is 0 Å². The topological polar surface area (TPSA) is 94.3 Å². The molecule has 1 N–H and O–H groups in total. The van der Waals surface area contributed by atoms with Crippen LogP contribution in [0.5, 0.6) is 5.75 Å². The van der Waals surface area contributed by atoms with Crippen molar-refractivity contribution < 1.29 is 17.8 Å². The van der Waals surface area contributed by atoms with E-state index in [2.05, 4.69) is 19.7 Å². The Bertz CT molecular complexity index is 905. The number of nitrogens with one attached hydrogen (secondary N) is 1. The van der Waals surface area contributed by atoms with E-state index in [0.29, 0.717) is 11.3 Å². The Morgan fingerprint density at radius 1 is 1.18 bits per heavy atom. The zero-order chi connectivity index (χ0) is 15.6. The molecular formula is C14H13N3O4S. The van der Waals surface area contributed by atoms with Crippen molar-refractivity contribution in [1.82, 2.24) is 15.0 Å². The number of benzene rings is 2. The Morgan fingerprint density at radius 2 is 2.00 bits per heavy atom. The summed E-state index contributed by atoms with van der Waals surface area (Å²) in [4.78, 5) is 0.0362. The van der Waals surface area contributed by atoms with Crippen molar-refractivity contribution in [3.63, 3.8) is 0 Å². The van der Waals surface area contributed by atoms with Crippen molar-refractivity contribution in [3.05, 3.63) is 48.0 Å². The van der Waals surface area contributed by atoms with Gasteiger partial charge < -0.3 is 4.74 Å². The molecule has 3 rings (SSSR count). The first-order valence-corrected chi connectivity index (χ1v) is 7.92. The van der Waals surface area contributed by atoms with Crippen molar-refractivity contribution >= 4 is 21.1 Å². The highest BCUT2D eigenvalue weighted by molar-refractivity contribution is 7.89. The Hall–Kier alpha value is -2.45. The van der Waals surface area contributed by atoms with Crippen molar-refractivity contribution in [2.45, 2.75) is 11.4 Å². The van der Waals surface area contributed by atoms with E-state index in [1.807, 2.05) is 6.07 Å². The van der Waals surface area contributed by atoms with E-state index in [-0.39, 0.29) is 17.0 Å². The lowest BCUT2D eigenvalue weighted by Crippen LogP contribution is -2.23. The molecule has 1 heterocycles. The fourth-order valence-corrected chi connectivity index (χ4v) is 3.20. The molecule has 0 radical (unpaired) electrons. The van der Waals surface area contributed by atoms with Crippen molar-refractivity contribution in [3.8, 4) is 5.75 Å². The molecular weight excluding hydrogens is 306 g/mol. The highest BCUT2D eigenvalue weighted by Crippen LogP contribution is 2.20. The van der Waals surface area contributed by atoms with Gasteiger partial charge in [0.1, 0.15) is 16.2 Å². The van der Waals surface area contributed by atoms with Gasteiger partial charge in [-0.1, -0.05) is 18.2 Å². The highest BCUT2D eigenvalue weighted by atomic mass is 32.2. The van der Waals surface area contributed by atoms with Gasteiger partial charge in [-0.05, 0) is 40.1 Å². The van der Waals surface area contributed by atoms with Gasteiger partial charge in [0.15, 0.2) is 5.52 Å². The summed E-state index contributed by atoms with van der Waals surface area (Å²) >= 11 is 0. The third kappa shape index (κ3) is 2.78. The molecule has 7 nitrogen and oxygen atoms in total. The lowest BCUT2D eigenvalue weighted by atomic mass is 10.2. The minimum atomic E-state index is -3.73. The summed E-state index contributed by atoms with van der Waals surface area (Å²) in [7, 11) is -2.17. The molecule has 0 aliphatic carbocycles. The molecule has 114 valence electrons. The van der Waals surface area contributed by atoms with Crippen LogP contribution in [0.4, 0.5) is 0 Å². The SMILES string of the molecule is COc1cccc(CNS(=O)(=O)c2cccc3nonc23)c1. The molecule has 0 saturated heterocycles. The van der Waals surface area contributed by atoms with Gasteiger partial charge in [-0.15, -0.1) is 0 Å². The molecule has 0 saturated carbocycles. The molecule has 0 unspecified atom stereocenters. The fraction of sp³-hybridized carbons (Fsp3) is 0.143. The Kier molecular flexibility index (Phi) is 3.78. The number of ether oxygens (including phenoxy) is 1. The number of aromatic nitrogens is 2. The normalized spacial score (nSPS) is 11.7. The van der Waals surface area contributed by atoms with E-state index >= 15 is 0 Å². The molecule has 0 bridgehead atoms. The third-order valence-corrected chi connectivity index (χ3v) is 4.57. The first kappa shape index (κ1) is 14.5. The van der Waals surface area contributed by atoms with Crippen LogP contribution in [-0.2, 0) is 16.6 Å². The fourth-order valence-electron chi connectivity index (χ4n) is 2.04. The number of hydrogen-bond donors (Lipinski definition) is 1. The van der Waals surface area contributed by atoms with Crippen LogP contribution in [0.1, 0.15) is 5.56 Å². The first-order valence-electron chi connectivity index (χ1n) is 6.44. The predicted molar refractivity (Wildman–Crippen MR) is 78.8 cm³/mol. The average molecular weight is 319 g/mol. The van der Waals surface area contributed by atoms with Gasteiger partial charge in [0.25, 0.3) is 0 Å². The van der Waals surface area contributed by atoms with Crippen molar-refractivity contribution in [2.75, 3.05) is 7.11 Å². The van der Waals surface area contributed by atoms with E-state index in [1.54, 1.807) is 37.4 Å². The van der Waals surface area contributed by atoms with E-state index in [9.17, 15) is 8.42 Å². The monoisotopic (exact) mass is 319 g/mol. The van der Waals surface area contributed by atoms with Gasteiger partial charge in [-0.25, -0.2) is 17.8 Å². The summed E-state index contributed by atoms with van der Waals surface area (Å²) in [6, 6.07) is 11.8. The van der Waals surface area contributed by atoms with Gasteiger partial charge in [0.2, 0.25) is 10.0 Å². The maximum atomic E-state index is 12.4. The number of hydrogen-bond acceptors (Lipinski definition) is 6. The van der Waals surface area contributed by atoms with Crippen LogP contribution in [0.25, 0.3) is 11.0 Å². The predicted octanol–water partition coefficient (Wildman–Crippen LogP) is 1.71. The maximum absolute atomic E-state index is 12.4. The van der Waals surface area contributed by atoms with E-state index < -0.39 is 10.0 Å². The highest BCUT2D eigenvalue weighted by Gasteiger charge is 2.19. The average Bonchev–Trinajstić information content (AvgIpc) is 3.01. The summed E-state index contributed by atoms with van der Waals surface area (Å²) < 4.78 is 37.1. The van der Waals surface area contributed by atoms with Crippen LogP contribution in [0.2, 0.25) is 0 Å². The second-order valence-electron chi connectivity index (χ2n) is 4.56. The molecule has 0 aliphatic heterocycles. The lowest BCUT2D eigenvalue weighted by Gasteiger charge is -2.08. The number of rotatable bonds is 5. The molecule has 1 aromatic heterocycles. The molecule has 0 fully saturated rings. The van der Waals surface area contributed by atoms with Gasteiger partial charge in [0.05, 0.1) is 7.11 Å². The number of methoxy groups -OCH3 is 1. The number of sulfonamides is 1.